The first-order chi connectivity index (χ1) is 12.6. The Morgan fingerprint density at radius 3 is 2.58 bits per heavy atom. The number of piperazine rings is 1. The lowest BCUT2D eigenvalue weighted by atomic mass is 9.90. The largest absolute Gasteiger partial charge is 0.342 e. The maximum Gasteiger partial charge on any atom is 0.233 e. The highest BCUT2D eigenvalue weighted by Crippen LogP contribution is 2.50. The number of likely N-dealkylation sites (N-methyl/N-ethyl adjacent to an activating group) is 1. The molecule has 2 saturated heterocycles. The number of nitrogens with zero attached hydrogens (tertiary/aromatic N) is 3. The molecule has 3 aliphatic rings. The molecule has 1 aliphatic carbocycles. The summed E-state index contributed by atoms with van der Waals surface area (Å²) < 4.78 is 14.3. The Bertz CT molecular complexity index is 652. The second kappa shape index (κ2) is 7.28. The van der Waals surface area contributed by atoms with Crippen LogP contribution in [0.3, 0.4) is 0 Å². The number of carbonyl (C=O) groups is 1. The molecule has 0 aromatic heterocycles. The van der Waals surface area contributed by atoms with Crippen LogP contribution < -0.4 is 0 Å². The number of hydrogen-bond donors (Lipinski definition) is 0. The quantitative estimate of drug-likeness (QED) is 0.826. The average Bonchev–Trinajstić information content (AvgIpc) is 3.45. The van der Waals surface area contributed by atoms with Crippen molar-refractivity contribution in [3.63, 3.8) is 0 Å². The zero-order valence-electron chi connectivity index (χ0n) is 15.8. The van der Waals surface area contributed by atoms with Gasteiger partial charge < -0.3 is 14.7 Å². The van der Waals surface area contributed by atoms with E-state index in [4.69, 9.17) is 0 Å². The topological polar surface area (TPSA) is 26.8 Å². The second-order valence-corrected chi connectivity index (χ2v) is 8.43. The van der Waals surface area contributed by atoms with Gasteiger partial charge in [0.25, 0.3) is 0 Å². The van der Waals surface area contributed by atoms with E-state index in [9.17, 15) is 9.18 Å². The maximum absolute atomic E-state index is 14.3. The van der Waals surface area contributed by atoms with E-state index in [1.54, 1.807) is 12.1 Å². The third kappa shape index (κ3) is 3.52. The summed E-state index contributed by atoms with van der Waals surface area (Å²) in [4.78, 5) is 20.2. The molecule has 3 fully saturated rings. The third-order valence-corrected chi connectivity index (χ3v) is 6.47. The van der Waals surface area contributed by atoms with Gasteiger partial charge in [0.2, 0.25) is 5.91 Å². The Morgan fingerprint density at radius 1 is 1.15 bits per heavy atom. The lowest BCUT2D eigenvalue weighted by Crippen LogP contribution is -2.50. The van der Waals surface area contributed by atoms with Gasteiger partial charge in [0.15, 0.2) is 0 Å². The molecule has 0 radical (unpaired) electrons. The Morgan fingerprint density at radius 2 is 1.88 bits per heavy atom. The molecule has 1 amide bonds. The predicted molar refractivity (Wildman–Crippen MR) is 101 cm³/mol. The van der Waals surface area contributed by atoms with E-state index >= 15 is 0 Å². The lowest BCUT2D eigenvalue weighted by Gasteiger charge is -2.39. The Balaban J connectivity index is 1.40. The summed E-state index contributed by atoms with van der Waals surface area (Å²) in [5.41, 5.74) is 0.0207. The molecule has 0 unspecified atom stereocenters. The van der Waals surface area contributed by atoms with Gasteiger partial charge in [-0.05, 0) is 44.7 Å². The van der Waals surface area contributed by atoms with Gasteiger partial charge in [-0.15, -0.1) is 0 Å². The molecule has 1 atom stereocenters. The summed E-state index contributed by atoms with van der Waals surface area (Å²) >= 11 is 0. The van der Waals surface area contributed by atoms with Crippen LogP contribution in [0.15, 0.2) is 24.3 Å². The van der Waals surface area contributed by atoms with E-state index in [1.165, 1.54) is 12.5 Å². The Labute approximate surface area is 155 Å². The molecule has 1 aromatic carbocycles. The molecular formula is C21H30FN3O. The minimum Gasteiger partial charge on any atom is -0.342 e. The van der Waals surface area contributed by atoms with Crippen LogP contribution in [0, 0.1) is 11.7 Å². The number of benzene rings is 1. The minimum atomic E-state index is -0.582. The normalized spacial score (nSPS) is 26.7. The van der Waals surface area contributed by atoms with Crippen molar-refractivity contribution >= 4 is 5.91 Å². The summed E-state index contributed by atoms with van der Waals surface area (Å²) in [6.07, 6.45) is 3.83. The van der Waals surface area contributed by atoms with Crippen molar-refractivity contribution in [1.29, 1.82) is 0 Å². The summed E-state index contributed by atoms with van der Waals surface area (Å²) in [5, 5.41) is 0. The standard InChI is InChI=1S/C21H30FN3O/c1-23-11-13-24(14-12-23)15-17-5-4-10-25(16-17)20(26)21(8-9-21)18-6-2-3-7-19(18)22/h2-3,6-7,17H,4-5,8-16H2,1H3/t17-/m1/s1. The van der Waals surface area contributed by atoms with E-state index < -0.39 is 5.41 Å². The summed E-state index contributed by atoms with van der Waals surface area (Å²) in [7, 11) is 2.18. The van der Waals surface area contributed by atoms with Crippen LogP contribution in [0.4, 0.5) is 4.39 Å². The number of carbonyl (C=O) groups excluding carboxylic acids is 1. The first-order valence-corrected chi connectivity index (χ1v) is 10.0. The van der Waals surface area contributed by atoms with Crippen LogP contribution in [0.5, 0.6) is 0 Å². The number of amides is 1. The van der Waals surface area contributed by atoms with E-state index in [0.717, 1.165) is 65.1 Å². The highest BCUT2D eigenvalue weighted by Gasteiger charge is 2.54. The van der Waals surface area contributed by atoms with E-state index in [0.29, 0.717) is 11.5 Å². The van der Waals surface area contributed by atoms with Gasteiger partial charge in [-0.25, -0.2) is 4.39 Å². The number of halogens is 1. The van der Waals surface area contributed by atoms with E-state index in [1.807, 2.05) is 11.0 Å². The fourth-order valence-corrected chi connectivity index (χ4v) is 4.67. The fourth-order valence-electron chi connectivity index (χ4n) is 4.67. The van der Waals surface area contributed by atoms with Gasteiger partial charge in [-0.1, -0.05) is 18.2 Å². The smallest absolute Gasteiger partial charge is 0.233 e. The summed E-state index contributed by atoms with van der Waals surface area (Å²) in [5.74, 6) is 0.475. The first kappa shape index (κ1) is 17.9. The molecule has 2 aliphatic heterocycles. The van der Waals surface area contributed by atoms with Crippen molar-refractivity contribution in [2.75, 3.05) is 52.9 Å². The molecule has 1 saturated carbocycles. The van der Waals surface area contributed by atoms with Crippen molar-refractivity contribution in [1.82, 2.24) is 14.7 Å². The fraction of sp³-hybridized carbons (Fsp3) is 0.667. The van der Waals surface area contributed by atoms with Crippen molar-refractivity contribution < 1.29 is 9.18 Å². The van der Waals surface area contributed by atoms with Gasteiger partial charge >= 0.3 is 0 Å². The molecule has 4 nitrogen and oxygen atoms in total. The maximum atomic E-state index is 14.3. The van der Waals surface area contributed by atoms with Crippen LogP contribution >= 0.6 is 0 Å². The second-order valence-electron chi connectivity index (χ2n) is 8.43. The Kier molecular flexibility index (Phi) is 5.02. The van der Waals surface area contributed by atoms with Crippen LogP contribution in [-0.4, -0.2) is 73.5 Å². The molecule has 1 aromatic rings. The number of rotatable bonds is 4. The zero-order valence-corrected chi connectivity index (χ0v) is 15.8. The number of likely N-dealkylation sites (tertiary alicyclic amines) is 1. The van der Waals surface area contributed by atoms with Crippen molar-refractivity contribution in [3.8, 4) is 0 Å². The first-order valence-electron chi connectivity index (χ1n) is 10.0. The molecule has 26 heavy (non-hydrogen) atoms. The van der Waals surface area contributed by atoms with Crippen LogP contribution in [-0.2, 0) is 10.2 Å². The molecule has 5 heteroatoms. The minimum absolute atomic E-state index is 0.158. The van der Waals surface area contributed by atoms with Crippen LogP contribution in [0.1, 0.15) is 31.2 Å². The molecule has 4 rings (SSSR count). The van der Waals surface area contributed by atoms with Gasteiger partial charge in [-0.3, -0.25) is 4.79 Å². The van der Waals surface area contributed by atoms with Gasteiger partial charge in [0.05, 0.1) is 5.41 Å². The van der Waals surface area contributed by atoms with E-state index in [-0.39, 0.29) is 11.7 Å². The van der Waals surface area contributed by atoms with Gasteiger partial charge in [0.1, 0.15) is 5.82 Å². The van der Waals surface area contributed by atoms with Gasteiger partial charge in [0, 0.05) is 51.4 Å². The van der Waals surface area contributed by atoms with Gasteiger partial charge in [-0.2, -0.15) is 0 Å². The van der Waals surface area contributed by atoms with Crippen molar-refractivity contribution in [2.24, 2.45) is 5.92 Å². The summed E-state index contributed by atoms with van der Waals surface area (Å²) in [6, 6.07) is 6.82. The highest BCUT2D eigenvalue weighted by atomic mass is 19.1. The number of hydrogen-bond acceptors (Lipinski definition) is 3. The molecule has 0 N–H and O–H groups in total. The SMILES string of the molecule is CN1CCN(C[C@H]2CCCN(C(=O)C3(c4ccccc4F)CC3)C2)CC1. The van der Waals surface area contributed by atoms with Crippen molar-refractivity contribution in [2.45, 2.75) is 31.1 Å². The van der Waals surface area contributed by atoms with Crippen LogP contribution in [0.25, 0.3) is 0 Å². The summed E-state index contributed by atoms with van der Waals surface area (Å²) in [6.45, 7) is 7.26. The van der Waals surface area contributed by atoms with E-state index in [2.05, 4.69) is 16.8 Å². The third-order valence-electron chi connectivity index (χ3n) is 6.47. The average molecular weight is 359 g/mol. The molecule has 0 bridgehead atoms. The molecule has 0 spiro atoms. The van der Waals surface area contributed by atoms with Crippen LogP contribution in [0.2, 0.25) is 0 Å². The number of piperidine rings is 1. The Hall–Kier alpha value is -1.46. The highest BCUT2D eigenvalue weighted by molar-refractivity contribution is 5.91. The molecule has 2 heterocycles. The lowest BCUT2D eigenvalue weighted by molar-refractivity contribution is -0.136. The monoisotopic (exact) mass is 359 g/mol. The predicted octanol–water partition coefficient (Wildman–Crippen LogP) is 2.34. The van der Waals surface area contributed by atoms with Crippen molar-refractivity contribution in [3.05, 3.63) is 35.6 Å². The molecule has 142 valence electrons. The molecular weight excluding hydrogens is 329 g/mol. The zero-order chi connectivity index (χ0) is 18.1.